The van der Waals surface area contributed by atoms with E-state index in [1.807, 2.05) is 0 Å². The summed E-state index contributed by atoms with van der Waals surface area (Å²) in [5, 5.41) is 0.515. The van der Waals surface area contributed by atoms with Gasteiger partial charge in [-0.15, -0.1) is 0 Å². The predicted molar refractivity (Wildman–Crippen MR) is 76.6 cm³/mol. The zero-order chi connectivity index (χ0) is 14.9. The SMILES string of the molecule is CC(=O)c1c[nH]c(=O)n(C(C)c2cccc(Cl)c2)c1=O. The summed E-state index contributed by atoms with van der Waals surface area (Å²) >= 11 is 5.91. The third-order valence-corrected chi connectivity index (χ3v) is 3.34. The Kier molecular flexibility index (Phi) is 3.90. The molecule has 1 unspecified atom stereocenters. The van der Waals surface area contributed by atoms with E-state index in [1.165, 1.54) is 6.92 Å². The van der Waals surface area contributed by atoms with Crippen LogP contribution in [0.4, 0.5) is 0 Å². The Morgan fingerprint density at radius 2 is 2.05 bits per heavy atom. The number of hydrogen-bond acceptors (Lipinski definition) is 3. The van der Waals surface area contributed by atoms with Gasteiger partial charge in [-0.3, -0.25) is 14.2 Å². The van der Waals surface area contributed by atoms with Crippen molar-refractivity contribution in [3.63, 3.8) is 0 Å². The van der Waals surface area contributed by atoms with Crippen molar-refractivity contribution in [3.8, 4) is 0 Å². The van der Waals surface area contributed by atoms with Gasteiger partial charge in [0.1, 0.15) is 0 Å². The normalized spacial score (nSPS) is 12.2. The molecule has 0 bridgehead atoms. The molecule has 0 saturated carbocycles. The number of nitrogens with zero attached hydrogens (tertiary/aromatic N) is 1. The van der Waals surface area contributed by atoms with Gasteiger partial charge in [-0.25, -0.2) is 4.79 Å². The molecule has 1 atom stereocenters. The second kappa shape index (κ2) is 5.46. The van der Waals surface area contributed by atoms with Gasteiger partial charge in [0.15, 0.2) is 5.78 Å². The fraction of sp³-hybridized carbons (Fsp3) is 0.214. The zero-order valence-corrected chi connectivity index (χ0v) is 11.8. The fourth-order valence-electron chi connectivity index (χ4n) is 2.01. The van der Waals surface area contributed by atoms with Crippen molar-refractivity contribution >= 4 is 17.4 Å². The average molecular weight is 293 g/mol. The molecule has 2 aromatic rings. The van der Waals surface area contributed by atoms with Gasteiger partial charge < -0.3 is 4.98 Å². The number of nitrogens with one attached hydrogen (secondary N) is 1. The molecule has 2 rings (SSSR count). The second-order valence-electron chi connectivity index (χ2n) is 4.47. The molecule has 6 heteroatoms. The first-order chi connectivity index (χ1) is 9.41. The largest absolute Gasteiger partial charge is 0.328 e. The van der Waals surface area contributed by atoms with Crippen LogP contribution < -0.4 is 11.2 Å². The Labute approximate surface area is 119 Å². The Bertz CT molecular complexity index is 776. The van der Waals surface area contributed by atoms with E-state index in [-0.39, 0.29) is 5.56 Å². The van der Waals surface area contributed by atoms with Crippen LogP contribution >= 0.6 is 11.6 Å². The molecule has 0 aliphatic rings. The van der Waals surface area contributed by atoms with Crippen LogP contribution in [0, 0.1) is 0 Å². The molecule has 1 N–H and O–H groups in total. The highest BCUT2D eigenvalue weighted by molar-refractivity contribution is 6.30. The maximum atomic E-state index is 12.2. The van der Waals surface area contributed by atoms with Gasteiger partial charge in [-0.1, -0.05) is 23.7 Å². The molecular formula is C14H13ClN2O3. The molecule has 0 fully saturated rings. The zero-order valence-electron chi connectivity index (χ0n) is 11.0. The number of aromatic amines is 1. The van der Waals surface area contributed by atoms with E-state index in [4.69, 9.17) is 11.6 Å². The summed E-state index contributed by atoms with van der Waals surface area (Å²) in [6.45, 7) is 2.98. The summed E-state index contributed by atoms with van der Waals surface area (Å²) in [6.07, 6.45) is 1.15. The Morgan fingerprint density at radius 3 is 2.65 bits per heavy atom. The van der Waals surface area contributed by atoms with Crippen LogP contribution in [0.15, 0.2) is 40.1 Å². The molecule has 5 nitrogen and oxygen atoms in total. The third-order valence-electron chi connectivity index (χ3n) is 3.11. The van der Waals surface area contributed by atoms with Crippen molar-refractivity contribution < 1.29 is 4.79 Å². The van der Waals surface area contributed by atoms with E-state index in [9.17, 15) is 14.4 Å². The number of H-pyrrole nitrogens is 1. The highest BCUT2D eigenvalue weighted by atomic mass is 35.5. The van der Waals surface area contributed by atoms with E-state index >= 15 is 0 Å². The van der Waals surface area contributed by atoms with Gasteiger partial charge in [-0.2, -0.15) is 0 Å². The first kappa shape index (κ1) is 14.3. The number of hydrogen-bond donors (Lipinski definition) is 1. The van der Waals surface area contributed by atoms with Gasteiger partial charge in [0.25, 0.3) is 5.56 Å². The number of carbonyl (C=O) groups excluding carboxylic acids is 1. The van der Waals surface area contributed by atoms with Crippen molar-refractivity contribution in [2.75, 3.05) is 0 Å². The van der Waals surface area contributed by atoms with Gasteiger partial charge in [-0.05, 0) is 31.5 Å². The number of rotatable bonds is 3. The van der Waals surface area contributed by atoms with E-state index in [0.717, 1.165) is 10.8 Å². The van der Waals surface area contributed by atoms with Gasteiger partial charge in [0.2, 0.25) is 0 Å². The smallest absolute Gasteiger partial charge is 0.313 e. The molecular weight excluding hydrogens is 280 g/mol. The van der Waals surface area contributed by atoms with Crippen LogP contribution in [0.1, 0.15) is 35.8 Å². The fourth-order valence-corrected chi connectivity index (χ4v) is 2.21. The maximum absolute atomic E-state index is 12.2. The summed E-state index contributed by atoms with van der Waals surface area (Å²) in [4.78, 5) is 37.9. The summed E-state index contributed by atoms with van der Waals surface area (Å²) in [5.41, 5.74) is -0.495. The van der Waals surface area contributed by atoms with Crippen LogP contribution in [-0.2, 0) is 0 Å². The first-order valence-corrected chi connectivity index (χ1v) is 6.40. The molecule has 1 aromatic heterocycles. The van der Waals surface area contributed by atoms with Gasteiger partial charge >= 0.3 is 5.69 Å². The van der Waals surface area contributed by atoms with Crippen molar-refractivity contribution in [1.29, 1.82) is 0 Å². The standard InChI is InChI=1S/C14H13ClN2O3/c1-8(10-4-3-5-11(15)6-10)17-13(19)12(9(2)18)7-16-14(17)20/h3-8H,1-2H3,(H,16,20). The van der Waals surface area contributed by atoms with E-state index in [0.29, 0.717) is 10.6 Å². The van der Waals surface area contributed by atoms with Gasteiger partial charge in [0, 0.05) is 11.2 Å². The van der Waals surface area contributed by atoms with E-state index in [1.54, 1.807) is 31.2 Å². The number of Topliss-reactive ketones (excluding diaryl/α,β-unsaturated/α-hetero) is 1. The molecule has 20 heavy (non-hydrogen) atoms. The number of benzene rings is 1. The van der Waals surface area contributed by atoms with Crippen LogP contribution in [0.3, 0.4) is 0 Å². The molecule has 1 heterocycles. The van der Waals surface area contributed by atoms with Crippen LogP contribution in [0.5, 0.6) is 0 Å². The molecule has 104 valence electrons. The van der Waals surface area contributed by atoms with Crippen molar-refractivity contribution in [2.24, 2.45) is 0 Å². The minimum Gasteiger partial charge on any atom is -0.313 e. The first-order valence-electron chi connectivity index (χ1n) is 6.02. The Balaban J connectivity index is 2.63. The lowest BCUT2D eigenvalue weighted by atomic mass is 10.1. The summed E-state index contributed by atoms with van der Waals surface area (Å²) in [6, 6.07) is 6.37. The summed E-state index contributed by atoms with van der Waals surface area (Å²) in [5.74, 6) is -0.390. The molecule has 0 saturated heterocycles. The quantitative estimate of drug-likeness (QED) is 0.880. The Morgan fingerprint density at radius 1 is 1.35 bits per heavy atom. The van der Waals surface area contributed by atoms with Gasteiger partial charge in [0.05, 0.1) is 11.6 Å². The third kappa shape index (κ3) is 2.58. The predicted octanol–water partition coefficient (Wildman–Crippen LogP) is 2.00. The highest BCUT2D eigenvalue weighted by Crippen LogP contribution is 2.18. The molecule has 1 aromatic carbocycles. The second-order valence-corrected chi connectivity index (χ2v) is 4.91. The summed E-state index contributed by atoms with van der Waals surface area (Å²) < 4.78 is 1.02. The number of aromatic nitrogens is 2. The maximum Gasteiger partial charge on any atom is 0.328 e. The van der Waals surface area contributed by atoms with Crippen molar-refractivity contribution in [3.05, 3.63) is 67.4 Å². The lowest BCUT2D eigenvalue weighted by Gasteiger charge is -2.15. The van der Waals surface area contributed by atoms with Crippen LogP contribution in [-0.4, -0.2) is 15.3 Å². The number of carbonyl (C=O) groups is 1. The molecule has 0 amide bonds. The van der Waals surface area contributed by atoms with E-state index in [2.05, 4.69) is 4.98 Å². The minimum atomic E-state index is -0.603. The molecule has 0 aliphatic heterocycles. The summed E-state index contributed by atoms with van der Waals surface area (Å²) in [7, 11) is 0. The van der Waals surface area contributed by atoms with Crippen LogP contribution in [0.25, 0.3) is 0 Å². The monoisotopic (exact) mass is 292 g/mol. The topological polar surface area (TPSA) is 71.9 Å². The lowest BCUT2D eigenvalue weighted by molar-refractivity contribution is 0.101. The molecule has 0 spiro atoms. The number of ketones is 1. The van der Waals surface area contributed by atoms with Crippen molar-refractivity contribution in [1.82, 2.24) is 9.55 Å². The molecule has 0 aliphatic carbocycles. The van der Waals surface area contributed by atoms with Crippen molar-refractivity contribution in [2.45, 2.75) is 19.9 Å². The highest BCUT2D eigenvalue weighted by Gasteiger charge is 2.17. The number of halogens is 1. The Hall–Kier alpha value is -2.14. The van der Waals surface area contributed by atoms with E-state index < -0.39 is 23.1 Å². The average Bonchev–Trinajstić information content (AvgIpc) is 2.38. The minimum absolute atomic E-state index is 0.0431. The lowest BCUT2D eigenvalue weighted by Crippen LogP contribution is -2.39. The van der Waals surface area contributed by atoms with Crippen LogP contribution in [0.2, 0.25) is 5.02 Å². The molecule has 0 radical (unpaired) electrons.